The van der Waals surface area contributed by atoms with Crippen molar-refractivity contribution < 1.29 is 47.3 Å². The monoisotopic (exact) mass is 606 g/mol. The van der Waals surface area contributed by atoms with Gasteiger partial charge in [-0.2, -0.15) is 17.9 Å². The predicted molar refractivity (Wildman–Crippen MR) is 148 cm³/mol. The highest BCUT2D eigenvalue weighted by atomic mass is 19.4. The van der Waals surface area contributed by atoms with Crippen LogP contribution in [0.3, 0.4) is 0 Å². The number of alkyl halides is 3. The highest BCUT2D eigenvalue weighted by molar-refractivity contribution is 5.95. The van der Waals surface area contributed by atoms with E-state index in [1.165, 1.54) is 0 Å². The van der Waals surface area contributed by atoms with Gasteiger partial charge in [-0.15, -0.1) is 0 Å². The number of hydrogen-bond acceptors (Lipinski definition) is 7. The van der Waals surface area contributed by atoms with Crippen LogP contribution >= 0.6 is 0 Å². The van der Waals surface area contributed by atoms with Gasteiger partial charge in [-0.05, 0) is 57.1 Å². The lowest BCUT2D eigenvalue weighted by Crippen LogP contribution is -2.57. The number of amides is 2. The number of carbonyl (C=O) groups excluding carboxylic acids is 2. The Balaban J connectivity index is 0.000000646. The Kier molecular flexibility index (Phi) is 10.9. The van der Waals surface area contributed by atoms with Gasteiger partial charge in [0.15, 0.2) is 5.69 Å². The fraction of sp³-hybridized carbons (Fsp3) is 0.379. The van der Waals surface area contributed by atoms with Crippen LogP contribution in [-0.2, 0) is 16.2 Å². The molecule has 43 heavy (non-hydrogen) atoms. The zero-order chi connectivity index (χ0) is 31.9. The minimum Gasteiger partial charge on any atom is -0.618 e. The third-order valence-corrected chi connectivity index (χ3v) is 7.06. The smallest absolute Gasteiger partial charge is 0.490 e. The lowest BCUT2D eigenvalue weighted by molar-refractivity contribution is -0.584. The number of carboxylic acid groups (broad SMARTS) is 1. The first-order valence-electron chi connectivity index (χ1n) is 13.4. The molecule has 3 aromatic rings. The summed E-state index contributed by atoms with van der Waals surface area (Å²) in [7, 11) is 0. The number of carbonyl (C=O) groups is 3. The molecule has 4 N–H and O–H groups in total. The van der Waals surface area contributed by atoms with Crippen LogP contribution in [0.5, 0.6) is 5.75 Å². The average molecular weight is 607 g/mol. The Morgan fingerprint density at radius 2 is 1.77 bits per heavy atom. The average Bonchev–Trinajstić information content (AvgIpc) is 2.98. The predicted octanol–water partition coefficient (Wildman–Crippen LogP) is 3.33. The number of piperidine rings is 1. The summed E-state index contributed by atoms with van der Waals surface area (Å²) < 4.78 is 38.6. The van der Waals surface area contributed by atoms with E-state index in [4.69, 9.17) is 19.8 Å². The van der Waals surface area contributed by atoms with E-state index in [-0.39, 0.29) is 18.6 Å². The molecule has 232 valence electrons. The molecule has 1 aliphatic heterocycles. The van der Waals surface area contributed by atoms with Crippen molar-refractivity contribution in [3.63, 3.8) is 0 Å². The van der Waals surface area contributed by atoms with Crippen LogP contribution < -0.4 is 20.3 Å². The molecule has 1 aliphatic rings. The molecule has 1 aromatic heterocycles. The molecule has 11 nitrogen and oxygen atoms in total. The molecule has 1 fully saturated rings. The summed E-state index contributed by atoms with van der Waals surface area (Å²) in [4.78, 5) is 36.2. The van der Waals surface area contributed by atoms with Gasteiger partial charge in [-0.3, -0.25) is 19.7 Å². The maximum absolute atomic E-state index is 13.0. The number of hydroxylamine groups is 1. The fourth-order valence-electron chi connectivity index (χ4n) is 4.72. The Morgan fingerprint density at radius 1 is 1.14 bits per heavy atom. The van der Waals surface area contributed by atoms with Crippen molar-refractivity contribution in [1.82, 2.24) is 15.7 Å². The van der Waals surface area contributed by atoms with Crippen LogP contribution in [-0.4, -0.2) is 64.3 Å². The summed E-state index contributed by atoms with van der Waals surface area (Å²) >= 11 is 0. The number of hydrogen-bond donors (Lipinski definition) is 4. The van der Waals surface area contributed by atoms with E-state index < -0.39 is 30.0 Å². The lowest BCUT2D eigenvalue weighted by atomic mass is 9.90. The number of pyridine rings is 1. The van der Waals surface area contributed by atoms with Crippen molar-refractivity contribution in [2.24, 2.45) is 5.92 Å². The quantitative estimate of drug-likeness (QED) is 0.138. The first-order valence-corrected chi connectivity index (χ1v) is 13.4. The molecule has 0 aliphatic carbocycles. The number of nitrogens with zero attached hydrogens (tertiary/aromatic N) is 2. The summed E-state index contributed by atoms with van der Waals surface area (Å²) in [5.41, 5.74) is 4.26. The first kappa shape index (κ1) is 33.1. The van der Waals surface area contributed by atoms with Crippen molar-refractivity contribution in [3.05, 3.63) is 76.6 Å². The third-order valence-electron chi connectivity index (χ3n) is 7.06. The number of nitrogens with one attached hydrogen (secondary N) is 2. The molecule has 4 rings (SSSR count). The molecule has 0 unspecified atom stereocenters. The molecule has 2 amide bonds. The number of rotatable bonds is 7. The van der Waals surface area contributed by atoms with Crippen LogP contribution in [0.4, 0.5) is 13.2 Å². The zero-order valence-corrected chi connectivity index (χ0v) is 23.7. The molecule has 1 saturated heterocycles. The number of aliphatic carboxylic acids is 1. The molecular weight excluding hydrogens is 573 g/mol. The molecule has 0 saturated carbocycles. The van der Waals surface area contributed by atoms with Crippen LogP contribution in [0.1, 0.15) is 41.9 Å². The van der Waals surface area contributed by atoms with Gasteiger partial charge in [0.05, 0.1) is 17.3 Å². The Hall–Kier alpha value is -4.43. The number of carboxylic acids is 1. The Bertz CT molecular complexity index is 1450. The highest BCUT2D eigenvalue weighted by Gasteiger charge is 2.38. The van der Waals surface area contributed by atoms with E-state index in [9.17, 15) is 28.0 Å². The summed E-state index contributed by atoms with van der Waals surface area (Å²) in [6, 6.07) is 15.9. The van der Waals surface area contributed by atoms with Gasteiger partial charge in [-0.25, -0.2) is 10.3 Å². The SMILES string of the molecule is Cc1cc(COc2ccc(C(=O)N[C@@H]3CN(C(C)C)CC[C@@H]3C(=O)NO)cc2)c2ccccc2[n+]1[O-].O=C(O)C(F)(F)F. The van der Waals surface area contributed by atoms with Crippen molar-refractivity contribution in [2.45, 2.75) is 52.1 Å². The maximum atomic E-state index is 13.0. The minimum absolute atomic E-state index is 0.277. The zero-order valence-electron chi connectivity index (χ0n) is 23.7. The van der Waals surface area contributed by atoms with Gasteiger partial charge in [-0.1, -0.05) is 12.1 Å². The van der Waals surface area contributed by atoms with Gasteiger partial charge in [0.2, 0.25) is 11.4 Å². The number of para-hydroxylation sites is 1. The fourth-order valence-corrected chi connectivity index (χ4v) is 4.72. The standard InChI is InChI=1S/C27H32N4O5.C2HF3O2/c1-17(2)30-13-12-23(27(33)29-34)24(15-30)28-26(32)19-8-10-21(11-9-19)36-16-20-14-18(3)31(35)25-7-5-4-6-22(20)25;3-2(4,5)1(6)7/h4-11,14,17,23-24,34H,12-13,15-16H2,1-3H3,(H,28,32)(H,29,33);(H,6,7)/t23-,24+;/m0./s1. The van der Waals surface area contributed by atoms with E-state index in [1.807, 2.05) is 24.3 Å². The highest BCUT2D eigenvalue weighted by Crippen LogP contribution is 2.22. The number of aryl methyl sites for hydroxylation is 1. The summed E-state index contributed by atoms with van der Waals surface area (Å²) in [6.45, 7) is 7.43. The van der Waals surface area contributed by atoms with E-state index >= 15 is 0 Å². The van der Waals surface area contributed by atoms with Crippen LogP contribution in [0.2, 0.25) is 0 Å². The second-order valence-corrected chi connectivity index (χ2v) is 10.3. The Morgan fingerprint density at radius 3 is 2.35 bits per heavy atom. The number of benzene rings is 2. The van der Waals surface area contributed by atoms with Gasteiger partial charge in [0, 0.05) is 42.8 Å². The number of halogens is 3. The molecule has 0 bridgehead atoms. The molecule has 14 heteroatoms. The van der Waals surface area contributed by atoms with Crippen molar-refractivity contribution in [1.29, 1.82) is 0 Å². The maximum Gasteiger partial charge on any atom is 0.490 e. The second-order valence-electron chi connectivity index (χ2n) is 10.3. The van der Waals surface area contributed by atoms with Crippen LogP contribution in [0.25, 0.3) is 10.9 Å². The largest absolute Gasteiger partial charge is 0.618 e. The minimum atomic E-state index is -5.08. The molecule has 0 radical (unpaired) electrons. The van der Waals surface area contributed by atoms with E-state index in [0.29, 0.717) is 35.5 Å². The molecule has 2 aromatic carbocycles. The van der Waals surface area contributed by atoms with Gasteiger partial charge in [0.1, 0.15) is 12.4 Å². The molecular formula is C29H33F3N4O7. The van der Waals surface area contributed by atoms with Crippen LogP contribution in [0.15, 0.2) is 54.6 Å². The number of ether oxygens (including phenoxy) is 1. The van der Waals surface area contributed by atoms with E-state index in [1.54, 1.807) is 42.7 Å². The van der Waals surface area contributed by atoms with Crippen molar-refractivity contribution in [3.8, 4) is 5.75 Å². The normalized spacial score (nSPS) is 17.1. The summed E-state index contributed by atoms with van der Waals surface area (Å²) in [6.07, 6.45) is -4.54. The number of likely N-dealkylation sites (tertiary alicyclic amines) is 1. The third kappa shape index (κ3) is 8.55. The van der Waals surface area contributed by atoms with Crippen LogP contribution in [0, 0.1) is 18.0 Å². The Labute approximate surface area is 245 Å². The summed E-state index contributed by atoms with van der Waals surface area (Å²) in [5.74, 6) is -3.45. The van der Waals surface area contributed by atoms with Crippen molar-refractivity contribution in [2.75, 3.05) is 13.1 Å². The van der Waals surface area contributed by atoms with Gasteiger partial charge >= 0.3 is 12.1 Å². The lowest BCUT2D eigenvalue weighted by Gasteiger charge is -2.39. The van der Waals surface area contributed by atoms with Gasteiger partial charge < -0.3 is 20.4 Å². The van der Waals surface area contributed by atoms with Gasteiger partial charge in [0.25, 0.3) is 5.91 Å². The van der Waals surface area contributed by atoms with E-state index in [2.05, 4.69) is 24.1 Å². The van der Waals surface area contributed by atoms with E-state index in [0.717, 1.165) is 22.2 Å². The summed E-state index contributed by atoms with van der Waals surface area (Å²) in [5, 5.41) is 32.4. The number of aromatic nitrogens is 1. The van der Waals surface area contributed by atoms with Crippen molar-refractivity contribution >= 4 is 28.7 Å². The molecule has 2 heterocycles. The number of fused-ring (bicyclic) bond motifs is 1. The topological polar surface area (TPSA) is 155 Å². The molecule has 0 spiro atoms. The first-order chi connectivity index (χ1) is 20.2. The molecule has 2 atom stereocenters. The second kappa shape index (κ2) is 14.2.